The van der Waals surface area contributed by atoms with Crippen molar-refractivity contribution in [1.29, 1.82) is 0 Å². The van der Waals surface area contributed by atoms with Crippen LogP contribution in [0.15, 0.2) is 24.3 Å². The van der Waals surface area contributed by atoms with E-state index in [0.717, 1.165) is 29.9 Å². The van der Waals surface area contributed by atoms with Gasteiger partial charge in [-0.1, -0.05) is 6.92 Å². The van der Waals surface area contributed by atoms with Gasteiger partial charge in [-0.05, 0) is 56.0 Å². The first-order valence-corrected chi connectivity index (χ1v) is 9.89. The lowest BCUT2D eigenvalue weighted by Gasteiger charge is -2.11. The van der Waals surface area contributed by atoms with E-state index in [1.807, 2.05) is 13.8 Å². The fraction of sp³-hybridized carbons (Fsp3) is 0.400. The number of rotatable bonds is 7. The molecule has 0 aliphatic carbocycles. The van der Waals surface area contributed by atoms with E-state index in [0.29, 0.717) is 34.9 Å². The van der Waals surface area contributed by atoms with Gasteiger partial charge in [0.05, 0.1) is 11.7 Å². The van der Waals surface area contributed by atoms with Crippen molar-refractivity contribution in [2.75, 3.05) is 18.5 Å². The molecule has 1 aliphatic rings. The topological polar surface area (TPSA) is 90.7 Å². The van der Waals surface area contributed by atoms with E-state index in [1.165, 1.54) is 11.3 Å². The fourth-order valence-electron chi connectivity index (χ4n) is 3.20. The van der Waals surface area contributed by atoms with Gasteiger partial charge in [-0.15, -0.1) is 11.3 Å². The van der Waals surface area contributed by atoms with Crippen LogP contribution in [0.1, 0.15) is 50.9 Å². The third-order valence-corrected chi connectivity index (χ3v) is 5.68. The Morgan fingerprint density at radius 1 is 1.33 bits per heavy atom. The second-order valence-corrected chi connectivity index (χ2v) is 7.71. The predicted octanol–water partition coefficient (Wildman–Crippen LogP) is 3.53. The Bertz CT molecular complexity index is 823. The molecule has 2 heterocycles. The van der Waals surface area contributed by atoms with E-state index < -0.39 is 5.91 Å². The molecule has 2 aromatic rings. The highest BCUT2D eigenvalue weighted by Gasteiger charge is 2.21. The molecule has 27 heavy (non-hydrogen) atoms. The minimum absolute atomic E-state index is 0.148. The number of ether oxygens (including phenoxy) is 2. The van der Waals surface area contributed by atoms with Crippen LogP contribution in [0.25, 0.3) is 0 Å². The number of nitrogens with one attached hydrogen (secondary N) is 1. The molecule has 3 N–H and O–H groups in total. The van der Waals surface area contributed by atoms with Gasteiger partial charge in [0.1, 0.15) is 17.4 Å². The van der Waals surface area contributed by atoms with Crippen molar-refractivity contribution in [3.8, 4) is 5.75 Å². The smallest absolute Gasteiger partial charge is 0.256 e. The molecular weight excluding hydrogens is 364 g/mol. The molecule has 1 atom stereocenters. The van der Waals surface area contributed by atoms with Crippen molar-refractivity contribution < 1.29 is 19.1 Å². The number of anilines is 1. The number of primary amides is 1. The maximum atomic E-state index is 12.6. The van der Waals surface area contributed by atoms with Gasteiger partial charge in [0, 0.05) is 17.0 Å². The molecule has 0 radical (unpaired) electrons. The molecule has 0 bridgehead atoms. The molecule has 144 valence electrons. The van der Waals surface area contributed by atoms with Gasteiger partial charge < -0.3 is 20.5 Å². The van der Waals surface area contributed by atoms with Gasteiger partial charge in [-0.3, -0.25) is 9.59 Å². The summed E-state index contributed by atoms with van der Waals surface area (Å²) in [6.07, 6.45) is 2.92. The Kier molecular flexibility index (Phi) is 6.13. The minimum Gasteiger partial charge on any atom is -0.491 e. The Labute approximate surface area is 162 Å². The fourth-order valence-corrected chi connectivity index (χ4v) is 4.34. The average Bonchev–Trinajstić information content (AvgIpc) is 3.27. The molecule has 1 aromatic carbocycles. The average molecular weight is 388 g/mol. The van der Waals surface area contributed by atoms with Crippen LogP contribution in [0.3, 0.4) is 0 Å². The van der Waals surface area contributed by atoms with Crippen molar-refractivity contribution in [1.82, 2.24) is 0 Å². The summed E-state index contributed by atoms with van der Waals surface area (Å²) in [5.41, 5.74) is 7.30. The van der Waals surface area contributed by atoms with E-state index in [1.54, 1.807) is 24.3 Å². The predicted molar refractivity (Wildman–Crippen MR) is 106 cm³/mol. The van der Waals surface area contributed by atoms with Crippen LogP contribution in [-0.2, 0) is 11.2 Å². The summed E-state index contributed by atoms with van der Waals surface area (Å²) in [6, 6.07) is 6.92. The van der Waals surface area contributed by atoms with Gasteiger partial charge in [-0.25, -0.2) is 0 Å². The maximum Gasteiger partial charge on any atom is 0.256 e. The number of aryl methyl sites for hydroxylation is 1. The highest BCUT2D eigenvalue weighted by molar-refractivity contribution is 7.16. The molecular formula is C20H24N2O4S. The van der Waals surface area contributed by atoms with Crippen LogP contribution in [-0.4, -0.2) is 31.1 Å². The molecule has 1 saturated heterocycles. The highest BCUT2D eigenvalue weighted by Crippen LogP contribution is 2.33. The Balaban J connectivity index is 1.67. The summed E-state index contributed by atoms with van der Waals surface area (Å²) in [6.45, 7) is 5.19. The number of carbonyl (C=O) groups is 2. The number of carbonyl (C=O) groups excluding carboxylic acids is 2. The lowest BCUT2D eigenvalue weighted by atomic mass is 10.1. The first-order valence-electron chi connectivity index (χ1n) is 9.07. The van der Waals surface area contributed by atoms with Gasteiger partial charge in [0.15, 0.2) is 0 Å². The standard InChI is InChI=1S/C20H24N2O4S/c1-3-16-12(2)27-20(17(16)18(21)23)22-19(24)13-6-8-14(9-7-13)26-11-15-5-4-10-25-15/h6-9,15H,3-5,10-11H2,1-2H3,(H2,21,23)(H,22,24). The van der Waals surface area contributed by atoms with Crippen LogP contribution in [0, 0.1) is 6.92 Å². The monoisotopic (exact) mass is 388 g/mol. The largest absolute Gasteiger partial charge is 0.491 e. The van der Waals surface area contributed by atoms with Crippen LogP contribution >= 0.6 is 11.3 Å². The molecule has 1 unspecified atom stereocenters. The van der Waals surface area contributed by atoms with E-state index in [4.69, 9.17) is 15.2 Å². The molecule has 2 amide bonds. The van der Waals surface area contributed by atoms with Crippen molar-refractivity contribution in [2.45, 2.75) is 39.2 Å². The van der Waals surface area contributed by atoms with Crippen molar-refractivity contribution >= 4 is 28.2 Å². The van der Waals surface area contributed by atoms with E-state index >= 15 is 0 Å². The molecule has 7 heteroatoms. The summed E-state index contributed by atoms with van der Waals surface area (Å²) >= 11 is 1.37. The normalized spacial score (nSPS) is 16.3. The number of hydrogen-bond acceptors (Lipinski definition) is 5. The molecule has 6 nitrogen and oxygen atoms in total. The molecule has 0 saturated carbocycles. The van der Waals surface area contributed by atoms with Crippen LogP contribution in [0.5, 0.6) is 5.75 Å². The molecule has 1 aliphatic heterocycles. The maximum absolute atomic E-state index is 12.6. The van der Waals surface area contributed by atoms with E-state index in [9.17, 15) is 9.59 Å². The quantitative estimate of drug-likeness (QED) is 0.759. The first kappa shape index (κ1) is 19.4. The third kappa shape index (κ3) is 4.48. The van der Waals surface area contributed by atoms with Crippen molar-refractivity contribution in [3.05, 3.63) is 45.8 Å². The lowest BCUT2D eigenvalue weighted by molar-refractivity contribution is 0.0679. The van der Waals surface area contributed by atoms with Crippen molar-refractivity contribution in [3.63, 3.8) is 0 Å². The minimum atomic E-state index is -0.524. The zero-order valence-electron chi connectivity index (χ0n) is 15.5. The van der Waals surface area contributed by atoms with Gasteiger partial charge in [0.2, 0.25) is 0 Å². The summed E-state index contributed by atoms with van der Waals surface area (Å²) in [5, 5.41) is 3.32. The first-order chi connectivity index (χ1) is 13.0. The summed E-state index contributed by atoms with van der Waals surface area (Å²) < 4.78 is 11.2. The van der Waals surface area contributed by atoms with E-state index in [-0.39, 0.29) is 12.0 Å². The van der Waals surface area contributed by atoms with Crippen LogP contribution in [0.2, 0.25) is 0 Å². The van der Waals surface area contributed by atoms with Crippen LogP contribution in [0.4, 0.5) is 5.00 Å². The summed E-state index contributed by atoms with van der Waals surface area (Å²) in [7, 11) is 0. The second kappa shape index (κ2) is 8.54. The Morgan fingerprint density at radius 2 is 2.07 bits per heavy atom. The number of amides is 2. The van der Waals surface area contributed by atoms with Gasteiger partial charge in [0.25, 0.3) is 11.8 Å². The zero-order chi connectivity index (χ0) is 19.4. The number of hydrogen-bond donors (Lipinski definition) is 2. The third-order valence-electron chi connectivity index (χ3n) is 4.61. The SMILES string of the molecule is CCc1c(C)sc(NC(=O)c2ccc(OCC3CCCO3)cc2)c1C(N)=O. The van der Waals surface area contributed by atoms with E-state index in [2.05, 4.69) is 5.32 Å². The number of benzene rings is 1. The molecule has 1 fully saturated rings. The molecule has 1 aromatic heterocycles. The Morgan fingerprint density at radius 3 is 2.67 bits per heavy atom. The van der Waals surface area contributed by atoms with Crippen molar-refractivity contribution in [2.24, 2.45) is 5.73 Å². The summed E-state index contributed by atoms with van der Waals surface area (Å²) in [4.78, 5) is 25.4. The van der Waals surface area contributed by atoms with Gasteiger partial charge in [-0.2, -0.15) is 0 Å². The molecule has 3 rings (SSSR count). The highest BCUT2D eigenvalue weighted by atomic mass is 32.1. The van der Waals surface area contributed by atoms with Gasteiger partial charge >= 0.3 is 0 Å². The number of nitrogens with two attached hydrogens (primary N) is 1. The van der Waals surface area contributed by atoms with Crippen LogP contribution < -0.4 is 15.8 Å². The second-order valence-electron chi connectivity index (χ2n) is 6.48. The zero-order valence-corrected chi connectivity index (χ0v) is 16.4. The Hall–Kier alpha value is -2.38. The lowest BCUT2D eigenvalue weighted by Crippen LogP contribution is -2.18. The number of thiophene rings is 1. The molecule has 0 spiro atoms. The summed E-state index contributed by atoms with van der Waals surface area (Å²) in [5.74, 6) is -0.114.